The second-order valence-corrected chi connectivity index (χ2v) is 4.16. The molecule has 5 nitrogen and oxygen atoms in total. The monoisotopic (exact) mass is 290 g/mol. The SMILES string of the molecule is COCCOc1ccc(NC(=O)c2cccnc2F)cc1. The van der Waals surface area contributed by atoms with Gasteiger partial charge >= 0.3 is 0 Å². The predicted molar refractivity (Wildman–Crippen MR) is 76.0 cm³/mol. The molecule has 0 saturated heterocycles. The van der Waals surface area contributed by atoms with E-state index in [0.717, 1.165) is 0 Å². The zero-order valence-corrected chi connectivity index (χ0v) is 11.5. The van der Waals surface area contributed by atoms with Crippen LogP contribution in [0.5, 0.6) is 5.75 Å². The van der Waals surface area contributed by atoms with E-state index in [9.17, 15) is 9.18 Å². The van der Waals surface area contributed by atoms with E-state index in [2.05, 4.69) is 10.3 Å². The van der Waals surface area contributed by atoms with Gasteiger partial charge in [-0.2, -0.15) is 4.39 Å². The van der Waals surface area contributed by atoms with Gasteiger partial charge < -0.3 is 14.8 Å². The summed E-state index contributed by atoms with van der Waals surface area (Å²) in [6.45, 7) is 0.946. The highest BCUT2D eigenvalue weighted by Gasteiger charge is 2.11. The number of hydrogen-bond acceptors (Lipinski definition) is 4. The average Bonchev–Trinajstić information content (AvgIpc) is 2.49. The van der Waals surface area contributed by atoms with Crippen LogP contribution in [0, 0.1) is 5.95 Å². The number of ether oxygens (including phenoxy) is 2. The summed E-state index contributed by atoms with van der Waals surface area (Å²) >= 11 is 0. The molecule has 0 atom stereocenters. The maximum atomic E-state index is 13.4. The first-order valence-corrected chi connectivity index (χ1v) is 6.34. The fraction of sp³-hybridized carbons (Fsp3) is 0.200. The number of nitrogens with one attached hydrogen (secondary N) is 1. The molecule has 110 valence electrons. The smallest absolute Gasteiger partial charge is 0.260 e. The summed E-state index contributed by atoms with van der Waals surface area (Å²) in [4.78, 5) is 15.3. The molecule has 0 aliphatic heterocycles. The number of aromatic nitrogens is 1. The van der Waals surface area contributed by atoms with E-state index in [1.165, 1.54) is 18.3 Å². The van der Waals surface area contributed by atoms with E-state index >= 15 is 0 Å². The van der Waals surface area contributed by atoms with Gasteiger partial charge in [0.15, 0.2) is 0 Å². The molecule has 0 unspecified atom stereocenters. The quantitative estimate of drug-likeness (QED) is 0.656. The van der Waals surface area contributed by atoms with Gasteiger partial charge in [-0.15, -0.1) is 0 Å². The lowest BCUT2D eigenvalue weighted by Gasteiger charge is -2.08. The summed E-state index contributed by atoms with van der Waals surface area (Å²) in [5.41, 5.74) is 0.445. The van der Waals surface area contributed by atoms with Crippen LogP contribution in [0.4, 0.5) is 10.1 Å². The predicted octanol–water partition coefficient (Wildman–Crippen LogP) is 2.50. The molecule has 1 heterocycles. The second kappa shape index (κ2) is 7.35. The van der Waals surface area contributed by atoms with Gasteiger partial charge in [-0.3, -0.25) is 4.79 Å². The Labute approximate surface area is 121 Å². The normalized spacial score (nSPS) is 10.2. The lowest BCUT2D eigenvalue weighted by Crippen LogP contribution is -2.14. The molecule has 0 bridgehead atoms. The van der Waals surface area contributed by atoms with Gasteiger partial charge in [0.25, 0.3) is 5.91 Å². The maximum Gasteiger partial charge on any atom is 0.260 e. The van der Waals surface area contributed by atoms with Crippen LogP contribution in [-0.4, -0.2) is 31.2 Å². The van der Waals surface area contributed by atoms with E-state index in [0.29, 0.717) is 24.7 Å². The first kappa shape index (κ1) is 14.9. The summed E-state index contributed by atoms with van der Waals surface area (Å²) < 4.78 is 23.7. The fourth-order valence-electron chi connectivity index (χ4n) is 1.63. The van der Waals surface area contributed by atoms with Crippen LogP contribution >= 0.6 is 0 Å². The van der Waals surface area contributed by atoms with Crippen molar-refractivity contribution in [3.05, 3.63) is 54.1 Å². The molecular formula is C15H15FN2O3. The molecule has 1 amide bonds. The third-order valence-electron chi connectivity index (χ3n) is 2.67. The van der Waals surface area contributed by atoms with Gasteiger partial charge in [0.1, 0.15) is 12.4 Å². The van der Waals surface area contributed by atoms with E-state index in [1.54, 1.807) is 31.4 Å². The van der Waals surface area contributed by atoms with Gasteiger partial charge in [0, 0.05) is 19.0 Å². The molecule has 1 aromatic carbocycles. The third-order valence-corrected chi connectivity index (χ3v) is 2.67. The van der Waals surface area contributed by atoms with E-state index in [-0.39, 0.29) is 5.56 Å². The van der Waals surface area contributed by atoms with Crippen LogP contribution in [0.2, 0.25) is 0 Å². The maximum absolute atomic E-state index is 13.4. The fourth-order valence-corrected chi connectivity index (χ4v) is 1.63. The van der Waals surface area contributed by atoms with Crippen LogP contribution in [0.25, 0.3) is 0 Å². The van der Waals surface area contributed by atoms with Crippen molar-refractivity contribution in [2.45, 2.75) is 0 Å². The van der Waals surface area contributed by atoms with Crippen molar-refractivity contribution in [2.24, 2.45) is 0 Å². The minimum Gasteiger partial charge on any atom is -0.491 e. The van der Waals surface area contributed by atoms with Crippen molar-refractivity contribution < 1.29 is 18.7 Å². The molecule has 0 saturated carbocycles. The zero-order valence-electron chi connectivity index (χ0n) is 11.5. The Hall–Kier alpha value is -2.47. The average molecular weight is 290 g/mol. The summed E-state index contributed by atoms with van der Waals surface area (Å²) in [5.74, 6) is -0.680. The Morgan fingerprint density at radius 2 is 2.00 bits per heavy atom. The summed E-state index contributed by atoms with van der Waals surface area (Å²) in [6, 6.07) is 9.66. The number of nitrogens with zero attached hydrogens (tertiary/aromatic N) is 1. The number of halogens is 1. The van der Waals surface area contributed by atoms with Gasteiger partial charge in [-0.25, -0.2) is 4.98 Å². The number of hydrogen-bond donors (Lipinski definition) is 1. The van der Waals surface area contributed by atoms with E-state index in [1.807, 2.05) is 0 Å². The molecular weight excluding hydrogens is 275 g/mol. The zero-order chi connectivity index (χ0) is 15.1. The van der Waals surface area contributed by atoms with Gasteiger partial charge in [-0.1, -0.05) is 0 Å². The number of rotatable bonds is 6. The van der Waals surface area contributed by atoms with Crippen molar-refractivity contribution in [3.63, 3.8) is 0 Å². The van der Waals surface area contributed by atoms with Crippen LogP contribution in [0.15, 0.2) is 42.6 Å². The molecule has 2 aromatic rings. The standard InChI is InChI=1S/C15H15FN2O3/c1-20-9-10-21-12-6-4-11(5-7-12)18-15(19)13-3-2-8-17-14(13)16/h2-8H,9-10H2,1H3,(H,18,19). The molecule has 0 aliphatic rings. The lowest BCUT2D eigenvalue weighted by atomic mass is 10.2. The third kappa shape index (κ3) is 4.25. The minimum atomic E-state index is -0.797. The van der Waals surface area contributed by atoms with Crippen molar-refractivity contribution in [3.8, 4) is 5.75 Å². The molecule has 1 N–H and O–H groups in total. The molecule has 0 fully saturated rings. The molecule has 0 spiro atoms. The Morgan fingerprint density at radius 3 is 2.67 bits per heavy atom. The summed E-state index contributed by atoms with van der Waals surface area (Å²) in [5, 5.41) is 2.59. The number of carbonyl (C=O) groups is 1. The first-order valence-electron chi connectivity index (χ1n) is 6.34. The number of benzene rings is 1. The van der Waals surface area contributed by atoms with Crippen molar-refractivity contribution >= 4 is 11.6 Å². The van der Waals surface area contributed by atoms with Crippen molar-refractivity contribution in [1.82, 2.24) is 4.98 Å². The second-order valence-electron chi connectivity index (χ2n) is 4.16. The number of methoxy groups -OCH3 is 1. The highest BCUT2D eigenvalue weighted by atomic mass is 19.1. The number of pyridine rings is 1. The molecule has 1 aromatic heterocycles. The topological polar surface area (TPSA) is 60.5 Å². The summed E-state index contributed by atoms with van der Waals surface area (Å²) in [7, 11) is 1.60. The molecule has 0 radical (unpaired) electrons. The summed E-state index contributed by atoms with van der Waals surface area (Å²) in [6.07, 6.45) is 1.29. The van der Waals surface area contributed by atoms with E-state index in [4.69, 9.17) is 9.47 Å². The number of amides is 1. The van der Waals surface area contributed by atoms with Crippen LogP contribution in [-0.2, 0) is 4.74 Å². The van der Waals surface area contributed by atoms with E-state index < -0.39 is 11.9 Å². The Balaban J connectivity index is 1.97. The van der Waals surface area contributed by atoms with Crippen LogP contribution in [0.3, 0.4) is 0 Å². The number of anilines is 1. The molecule has 6 heteroatoms. The molecule has 0 aliphatic carbocycles. The number of carbonyl (C=O) groups excluding carboxylic acids is 1. The molecule has 2 rings (SSSR count). The van der Waals surface area contributed by atoms with Gasteiger partial charge in [-0.05, 0) is 36.4 Å². The van der Waals surface area contributed by atoms with Crippen LogP contribution in [0.1, 0.15) is 10.4 Å². The highest BCUT2D eigenvalue weighted by Crippen LogP contribution is 2.16. The molecule has 21 heavy (non-hydrogen) atoms. The Bertz CT molecular complexity index is 602. The lowest BCUT2D eigenvalue weighted by molar-refractivity contribution is 0.102. The van der Waals surface area contributed by atoms with Gasteiger partial charge in [0.05, 0.1) is 12.2 Å². The van der Waals surface area contributed by atoms with Crippen molar-refractivity contribution in [1.29, 1.82) is 0 Å². The Morgan fingerprint density at radius 1 is 1.24 bits per heavy atom. The highest BCUT2D eigenvalue weighted by molar-refractivity contribution is 6.04. The minimum absolute atomic E-state index is 0.0991. The Kier molecular flexibility index (Phi) is 5.22. The van der Waals surface area contributed by atoms with Crippen molar-refractivity contribution in [2.75, 3.05) is 25.6 Å². The first-order chi connectivity index (χ1) is 10.2. The van der Waals surface area contributed by atoms with Crippen LogP contribution < -0.4 is 10.1 Å². The van der Waals surface area contributed by atoms with Gasteiger partial charge in [0.2, 0.25) is 5.95 Å². The largest absolute Gasteiger partial charge is 0.491 e.